The van der Waals surface area contributed by atoms with Crippen LogP contribution >= 0.6 is 34.7 Å². The van der Waals surface area contributed by atoms with E-state index in [0.29, 0.717) is 38.6 Å². The van der Waals surface area contributed by atoms with E-state index in [-0.39, 0.29) is 28.0 Å². The number of ketones is 1. The summed E-state index contributed by atoms with van der Waals surface area (Å²) in [6.07, 6.45) is 0. The Bertz CT molecular complexity index is 1640. The largest absolute Gasteiger partial charge is 0.507 e. The van der Waals surface area contributed by atoms with Gasteiger partial charge in [0.25, 0.3) is 5.78 Å². The molecule has 1 amide bonds. The zero-order chi connectivity index (χ0) is 29.1. The first-order valence-corrected chi connectivity index (χ1v) is 14.6. The van der Waals surface area contributed by atoms with Crippen LogP contribution in [-0.2, 0) is 15.3 Å². The number of anilines is 1. The predicted molar refractivity (Wildman–Crippen MR) is 158 cm³/mol. The molecule has 4 aromatic rings. The molecule has 0 saturated carbocycles. The fourth-order valence-corrected chi connectivity index (χ4v) is 6.51. The number of aromatic hydroxyl groups is 1. The zero-order valence-electron chi connectivity index (χ0n) is 21.9. The molecule has 0 aliphatic carbocycles. The van der Waals surface area contributed by atoms with Gasteiger partial charge in [-0.3, -0.25) is 14.5 Å². The van der Waals surface area contributed by atoms with E-state index in [0.717, 1.165) is 16.9 Å². The van der Waals surface area contributed by atoms with Crippen molar-refractivity contribution in [2.45, 2.75) is 23.1 Å². The van der Waals surface area contributed by atoms with E-state index >= 15 is 0 Å². The molecular weight excluding hydrogens is 586 g/mol. The van der Waals surface area contributed by atoms with Crippen molar-refractivity contribution >= 4 is 57.3 Å². The van der Waals surface area contributed by atoms with Crippen LogP contribution < -0.4 is 14.4 Å². The number of aliphatic hydroxyl groups is 1. The van der Waals surface area contributed by atoms with E-state index in [4.69, 9.17) is 21.1 Å². The second kappa shape index (κ2) is 12.2. The van der Waals surface area contributed by atoms with E-state index in [1.807, 2.05) is 25.1 Å². The number of benzene rings is 3. The molecule has 0 spiro atoms. The number of phenolic OH excluding ortho intramolecular Hbond substituents is 1. The zero-order valence-corrected chi connectivity index (χ0v) is 24.3. The van der Waals surface area contributed by atoms with Gasteiger partial charge in [0.15, 0.2) is 15.8 Å². The second-order valence-corrected chi connectivity index (χ2v) is 11.4. The monoisotopic (exact) mass is 609 g/mol. The first kappa shape index (κ1) is 28.5. The van der Waals surface area contributed by atoms with Gasteiger partial charge in [-0.25, -0.2) is 0 Å². The molecule has 1 aliphatic heterocycles. The predicted octanol–water partition coefficient (Wildman–Crippen LogP) is 6.22. The van der Waals surface area contributed by atoms with Crippen LogP contribution in [-0.4, -0.2) is 45.8 Å². The molecule has 41 heavy (non-hydrogen) atoms. The minimum atomic E-state index is -1.06. The van der Waals surface area contributed by atoms with Gasteiger partial charge in [0.1, 0.15) is 11.5 Å². The molecule has 1 saturated heterocycles. The van der Waals surface area contributed by atoms with Crippen LogP contribution in [0.3, 0.4) is 0 Å². The topological polar surface area (TPSA) is 122 Å². The number of rotatable bonds is 9. The van der Waals surface area contributed by atoms with Gasteiger partial charge in [-0.05, 0) is 60.5 Å². The van der Waals surface area contributed by atoms with Gasteiger partial charge in [0.2, 0.25) is 5.13 Å². The summed E-state index contributed by atoms with van der Waals surface area (Å²) in [4.78, 5) is 28.1. The smallest absolute Gasteiger partial charge is 0.301 e. The van der Waals surface area contributed by atoms with Gasteiger partial charge < -0.3 is 19.7 Å². The molecule has 1 aromatic heterocycles. The number of methoxy groups -OCH3 is 1. The summed E-state index contributed by atoms with van der Waals surface area (Å²) >= 11 is 8.81. The van der Waals surface area contributed by atoms with Gasteiger partial charge in [0.05, 0.1) is 25.3 Å². The number of phenols is 1. The summed E-state index contributed by atoms with van der Waals surface area (Å²) in [5.74, 6) is -0.953. The molecule has 2 N–H and O–H groups in total. The molecule has 3 aromatic carbocycles. The Morgan fingerprint density at radius 2 is 1.85 bits per heavy atom. The van der Waals surface area contributed by atoms with Crippen molar-refractivity contribution in [3.05, 3.63) is 94.0 Å². The van der Waals surface area contributed by atoms with Crippen molar-refractivity contribution in [1.29, 1.82) is 0 Å². The maximum Gasteiger partial charge on any atom is 0.301 e. The van der Waals surface area contributed by atoms with Crippen molar-refractivity contribution in [3.8, 4) is 17.2 Å². The van der Waals surface area contributed by atoms with E-state index in [1.54, 1.807) is 36.4 Å². The van der Waals surface area contributed by atoms with Gasteiger partial charge in [-0.1, -0.05) is 59.0 Å². The van der Waals surface area contributed by atoms with Gasteiger partial charge in [0, 0.05) is 16.3 Å². The molecule has 210 valence electrons. The average molecular weight is 610 g/mol. The maximum atomic E-state index is 13.5. The Hall–Kier alpha value is -4.06. The molecule has 1 atom stereocenters. The fourth-order valence-electron chi connectivity index (χ4n) is 4.35. The van der Waals surface area contributed by atoms with Crippen LogP contribution in [0.15, 0.2) is 76.6 Å². The number of halogens is 1. The normalized spacial score (nSPS) is 16.3. The molecule has 0 bridgehead atoms. The number of hydrogen-bond donors (Lipinski definition) is 2. The van der Waals surface area contributed by atoms with Crippen LogP contribution in [0.1, 0.15) is 29.7 Å². The Morgan fingerprint density at radius 3 is 2.56 bits per heavy atom. The number of Topliss-reactive ketones (excluding diaryl/α,β-unsaturated/α-hetero) is 1. The number of hydrogen-bond acceptors (Lipinski definition) is 10. The Labute approximate surface area is 249 Å². The van der Waals surface area contributed by atoms with E-state index in [9.17, 15) is 19.8 Å². The highest BCUT2D eigenvalue weighted by Gasteiger charge is 2.48. The fraction of sp³-hybridized carbons (Fsp3) is 0.172. The van der Waals surface area contributed by atoms with Crippen molar-refractivity contribution in [1.82, 2.24) is 10.2 Å². The average Bonchev–Trinajstić information content (AvgIpc) is 3.55. The molecule has 12 heteroatoms. The van der Waals surface area contributed by atoms with Crippen LogP contribution in [0.4, 0.5) is 5.13 Å². The van der Waals surface area contributed by atoms with Crippen molar-refractivity contribution in [2.75, 3.05) is 18.6 Å². The highest BCUT2D eigenvalue weighted by Crippen LogP contribution is 2.45. The summed E-state index contributed by atoms with van der Waals surface area (Å²) < 4.78 is 11.3. The lowest BCUT2D eigenvalue weighted by Crippen LogP contribution is -2.29. The molecule has 5 rings (SSSR count). The maximum absolute atomic E-state index is 13.5. The minimum Gasteiger partial charge on any atom is -0.507 e. The first-order chi connectivity index (χ1) is 19.8. The number of amides is 1. The third-order valence-electron chi connectivity index (χ3n) is 6.31. The number of ether oxygens (including phenoxy) is 2. The molecule has 2 heterocycles. The van der Waals surface area contributed by atoms with E-state index in [2.05, 4.69) is 10.2 Å². The first-order valence-electron chi connectivity index (χ1n) is 12.4. The van der Waals surface area contributed by atoms with Crippen LogP contribution in [0.2, 0.25) is 5.02 Å². The summed E-state index contributed by atoms with van der Waals surface area (Å²) in [5.41, 5.74) is 1.54. The molecular formula is C29H24ClN3O6S2. The van der Waals surface area contributed by atoms with Gasteiger partial charge >= 0.3 is 5.91 Å². The third kappa shape index (κ3) is 5.74. The third-order valence-corrected chi connectivity index (χ3v) is 8.79. The lowest BCUT2D eigenvalue weighted by atomic mass is 9.95. The van der Waals surface area contributed by atoms with Crippen LogP contribution in [0.25, 0.3) is 5.76 Å². The number of carbonyl (C=O) groups is 2. The standard InChI is InChI=1S/C29H24ClN3O6S2/c1-3-39-19-11-8-16(9-12-19)25(35)23-24(17-10-13-21(34)22(14-17)38-2)33(27(37)26(23)36)28-31-32-29(41-28)40-15-18-6-4-5-7-20(18)30/h4-14,24,34-35H,3,15H2,1-2H3/b25-23-. The second-order valence-electron chi connectivity index (χ2n) is 8.79. The van der Waals surface area contributed by atoms with Crippen molar-refractivity contribution < 1.29 is 29.3 Å². The number of aromatic nitrogens is 2. The van der Waals surface area contributed by atoms with Gasteiger partial charge in [-0.2, -0.15) is 0 Å². The SMILES string of the molecule is CCOc1ccc(/C(O)=C2/C(=O)C(=O)N(c3nnc(SCc4ccccc4Cl)s3)C2c2ccc(O)c(OC)c2)cc1. The summed E-state index contributed by atoms with van der Waals surface area (Å²) in [6.45, 7) is 2.33. The molecule has 9 nitrogen and oxygen atoms in total. The molecule has 0 radical (unpaired) electrons. The van der Waals surface area contributed by atoms with Crippen molar-refractivity contribution in [3.63, 3.8) is 0 Å². The Balaban J connectivity index is 1.56. The van der Waals surface area contributed by atoms with Crippen LogP contribution in [0.5, 0.6) is 17.2 Å². The van der Waals surface area contributed by atoms with E-state index in [1.165, 1.54) is 35.9 Å². The summed E-state index contributed by atoms with van der Waals surface area (Å²) in [6, 6.07) is 17.4. The molecule has 1 unspecified atom stereocenters. The van der Waals surface area contributed by atoms with Gasteiger partial charge in [-0.15, -0.1) is 10.2 Å². The highest BCUT2D eigenvalue weighted by atomic mass is 35.5. The Morgan fingerprint density at radius 1 is 1.10 bits per heavy atom. The van der Waals surface area contributed by atoms with Crippen LogP contribution in [0, 0.1) is 0 Å². The van der Waals surface area contributed by atoms with Crippen molar-refractivity contribution in [2.24, 2.45) is 0 Å². The number of aliphatic hydroxyl groups excluding tert-OH is 1. The summed E-state index contributed by atoms with van der Waals surface area (Å²) in [5, 5.41) is 30.8. The van der Waals surface area contributed by atoms with E-state index < -0.39 is 17.7 Å². The lowest BCUT2D eigenvalue weighted by Gasteiger charge is -2.23. The highest BCUT2D eigenvalue weighted by molar-refractivity contribution is 8.00. The minimum absolute atomic E-state index is 0.117. The quantitative estimate of drug-likeness (QED) is 0.0748. The molecule has 1 fully saturated rings. The lowest BCUT2D eigenvalue weighted by molar-refractivity contribution is -0.132. The summed E-state index contributed by atoms with van der Waals surface area (Å²) in [7, 11) is 1.39. The molecule has 1 aliphatic rings. The number of carbonyl (C=O) groups excluding carboxylic acids is 2. The number of thioether (sulfide) groups is 1. The Kier molecular flexibility index (Phi) is 8.48. The number of nitrogens with zero attached hydrogens (tertiary/aromatic N) is 3.